The number of carbonyl (C=O) groups is 2. The van der Waals surface area contributed by atoms with Crippen LogP contribution in [0, 0.1) is 0 Å². The zero-order valence-electron chi connectivity index (χ0n) is 6.11. The number of imide groups is 1. The Balaban J connectivity index is 2.64. The number of carbonyl (C=O) groups excluding carboxylic acids is 2. The van der Waals surface area contributed by atoms with E-state index in [1.165, 1.54) is 7.11 Å². The lowest BCUT2D eigenvalue weighted by Crippen LogP contribution is -2.32. The van der Waals surface area contributed by atoms with Gasteiger partial charge in [-0.3, -0.25) is 14.5 Å². The minimum absolute atomic E-state index is 0.0364. The van der Waals surface area contributed by atoms with Crippen LogP contribution >= 0.6 is 12.6 Å². The Kier molecular flexibility index (Phi) is 2.51. The van der Waals surface area contributed by atoms with Gasteiger partial charge in [-0.2, -0.15) is 12.6 Å². The summed E-state index contributed by atoms with van der Waals surface area (Å²) in [7, 11) is 1.44. The number of hydrogen-bond acceptors (Lipinski definition) is 4. The molecule has 1 rings (SSSR count). The van der Waals surface area contributed by atoms with Crippen molar-refractivity contribution in [1.82, 2.24) is 4.90 Å². The van der Waals surface area contributed by atoms with E-state index in [9.17, 15) is 9.59 Å². The van der Waals surface area contributed by atoms with Crippen LogP contribution in [0.15, 0.2) is 0 Å². The summed E-state index contributed by atoms with van der Waals surface area (Å²) in [5.41, 5.74) is 0. The fraction of sp³-hybridized carbons (Fsp3) is 0.667. The van der Waals surface area contributed by atoms with Gasteiger partial charge in [-0.1, -0.05) is 0 Å². The van der Waals surface area contributed by atoms with Crippen molar-refractivity contribution in [3.05, 3.63) is 0 Å². The average molecular weight is 175 g/mol. The lowest BCUT2D eigenvalue weighted by molar-refractivity contribution is -0.143. The Morgan fingerprint density at radius 1 is 1.73 bits per heavy atom. The fourth-order valence-electron chi connectivity index (χ4n) is 0.930. The van der Waals surface area contributed by atoms with E-state index in [0.29, 0.717) is 0 Å². The molecule has 0 aromatic heterocycles. The summed E-state index contributed by atoms with van der Waals surface area (Å²) in [5, 5.41) is -0.474. The number of rotatable bonds is 2. The SMILES string of the molecule is COCN1C(=O)CC(S)C1=O. The van der Waals surface area contributed by atoms with Crippen LogP contribution in [0.3, 0.4) is 0 Å². The van der Waals surface area contributed by atoms with Gasteiger partial charge in [0.2, 0.25) is 11.8 Å². The van der Waals surface area contributed by atoms with Gasteiger partial charge in [0.25, 0.3) is 0 Å². The highest BCUT2D eigenvalue weighted by Crippen LogP contribution is 2.16. The highest BCUT2D eigenvalue weighted by molar-refractivity contribution is 7.81. The molecule has 62 valence electrons. The lowest BCUT2D eigenvalue weighted by atomic mass is 10.4. The summed E-state index contributed by atoms with van der Waals surface area (Å²) in [6, 6.07) is 0. The molecule has 0 aliphatic carbocycles. The molecule has 2 amide bonds. The van der Waals surface area contributed by atoms with E-state index in [2.05, 4.69) is 17.4 Å². The Labute approximate surface area is 69.9 Å². The van der Waals surface area contributed by atoms with E-state index >= 15 is 0 Å². The maximum Gasteiger partial charge on any atom is 0.244 e. The fourth-order valence-corrected chi connectivity index (χ4v) is 1.23. The van der Waals surface area contributed by atoms with Crippen molar-refractivity contribution in [2.75, 3.05) is 13.8 Å². The average Bonchev–Trinajstić information content (AvgIpc) is 2.17. The minimum atomic E-state index is -0.474. The predicted octanol–water partition coefficient (Wildman–Crippen LogP) is -0.352. The van der Waals surface area contributed by atoms with Gasteiger partial charge < -0.3 is 4.74 Å². The van der Waals surface area contributed by atoms with Crippen molar-refractivity contribution < 1.29 is 14.3 Å². The Hall–Kier alpha value is -0.550. The molecule has 0 N–H and O–H groups in total. The Bertz CT molecular complexity index is 194. The number of thiol groups is 1. The predicted molar refractivity (Wildman–Crippen MR) is 41.1 cm³/mol. The molecule has 1 aliphatic heterocycles. The van der Waals surface area contributed by atoms with E-state index in [4.69, 9.17) is 0 Å². The van der Waals surface area contributed by atoms with Gasteiger partial charge >= 0.3 is 0 Å². The maximum absolute atomic E-state index is 11.1. The van der Waals surface area contributed by atoms with Crippen LogP contribution < -0.4 is 0 Å². The van der Waals surface area contributed by atoms with E-state index in [1.54, 1.807) is 0 Å². The lowest BCUT2D eigenvalue weighted by Gasteiger charge is -2.11. The molecule has 4 nitrogen and oxygen atoms in total. The molecule has 0 saturated carbocycles. The molecule has 0 aromatic carbocycles. The van der Waals surface area contributed by atoms with Crippen LogP contribution in [0.5, 0.6) is 0 Å². The monoisotopic (exact) mass is 175 g/mol. The molecule has 0 spiro atoms. The van der Waals surface area contributed by atoms with Gasteiger partial charge in [0, 0.05) is 13.5 Å². The normalized spacial score (nSPS) is 24.9. The second-order valence-electron chi connectivity index (χ2n) is 2.30. The molecular formula is C6H9NO3S. The summed E-state index contributed by atoms with van der Waals surface area (Å²) >= 11 is 3.93. The highest BCUT2D eigenvalue weighted by atomic mass is 32.1. The maximum atomic E-state index is 11.1. The van der Waals surface area contributed by atoms with E-state index in [0.717, 1.165) is 4.90 Å². The first-order chi connectivity index (χ1) is 5.16. The van der Waals surface area contributed by atoms with E-state index in [1.807, 2.05) is 0 Å². The van der Waals surface area contributed by atoms with Crippen LogP contribution in [0.25, 0.3) is 0 Å². The summed E-state index contributed by atoms with van der Waals surface area (Å²) in [4.78, 5) is 23.1. The molecule has 5 heteroatoms. The molecule has 0 bridgehead atoms. The second kappa shape index (κ2) is 3.23. The molecule has 1 fully saturated rings. The third-order valence-corrected chi connectivity index (χ3v) is 1.88. The van der Waals surface area contributed by atoms with Crippen LogP contribution in [-0.4, -0.2) is 35.8 Å². The van der Waals surface area contributed by atoms with Crippen LogP contribution in [-0.2, 0) is 14.3 Å². The zero-order chi connectivity index (χ0) is 8.43. The van der Waals surface area contributed by atoms with Crippen LogP contribution in [0.2, 0.25) is 0 Å². The number of likely N-dealkylation sites (tertiary alicyclic amines) is 1. The largest absolute Gasteiger partial charge is 0.364 e. The van der Waals surface area contributed by atoms with E-state index < -0.39 is 5.25 Å². The first kappa shape index (κ1) is 8.55. The molecule has 1 saturated heterocycles. The van der Waals surface area contributed by atoms with Crippen molar-refractivity contribution in [3.63, 3.8) is 0 Å². The number of hydrogen-bond donors (Lipinski definition) is 1. The van der Waals surface area contributed by atoms with E-state index in [-0.39, 0.29) is 25.0 Å². The molecule has 1 atom stereocenters. The summed E-state index contributed by atoms with van der Waals surface area (Å²) in [5.74, 6) is -0.475. The van der Waals surface area contributed by atoms with Crippen LogP contribution in [0.1, 0.15) is 6.42 Å². The van der Waals surface area contributed by atoms with Gasteiger partial charge in [-0.25, -0.2) is 0 Å². The van der Waals surface area contributed by atoms with Crippen LogP contribution in [0.4, 0.5) is 0 Å². The van der Waals surface area contributed by atoms with Crippen molar-refractivity contribution >= 4 is 24.4 Å². The van der Waals surface area contributed by atoms with Crippen molar-refractivity contribution in [2.24, 2.45) is 0 Å². The zero-order valence-corrected chi connectivity index (χ0v) is 7.01. The van der Waals surface area contributed by atoms with Gasteiger partial charge in [0.15, 0.2) is 0 Å². The molecule has 0 aromatic rings. The molecule has 1 unspecified atom stereocenters. The van der Waals surface area contributed by atoms with Crippen molar-refractivity contribution in [3.8, 4) is 0 Å². The van der Waals surface area contributed by atoms with Crippen molar-refractivity contribution in [1.29, 1.82) is 0 Å². The molecular weight excluding hydrogens is 166 g/mol. The molecule has 1 heterocycles. The Morgan fingerprint density at radius 2 is 2.36 bits per heavy atom. The highest BCUT2D eigenvalue weighted by Gasteiger charge is 2.35. The quantitative estimate of drug-likeness (QED) is 0.461. The minimum Gasteiger partial charge on any atom is -0.364 e. The topological polar surface area (TPSA) is 46.6 Å². The van der Waals surface area contributed by atoms with Gasteiger partial charge in [0.1, 0.15) is 6.73 Å². The first-order valence-electron chi connectivity index (χ1n) is 3.18. The van der Waals surface area contributed by atoms with Crippen molar-refractivity contribution in [2.45, 2.75) is 11.7 Å². The summed E-state index contributed by atoms with van der Waals surface area (Å²) in [6.07, 6.45) is 0.186. The smallest absolute Gasteiger partial charge is 0.244 e. The summed E-state index contributed by atoms with van der Waals surface area (Å²) < 4.78 is 4.67. The summed E-state index contributed by atoms with van der Waals surface area (Å²) in [6.45, 7) is 0.0364. The molecule has 11 heavy (non-hydrogen) atoms. The Morgan fingerprint density at radius 3 is 2.73 bits per heavy atom. The number of methoxy groups -OCH3 is 1. The third kappa shape index (κ3) is 1.54. The van der Waals surface area contributed by atoms with Gasteiger partial charge in [-0.15, -0.1) is 0 Å². The third-order valence-electron chi connectivity index (χ3n) is 1.48. The van der Waals surface area contributed by atoms with Gasteiger partial charge in [0.05, 0.1) is 5.25 Å². The number of amides is 2. The standard InChI is InChI=1S/C6H9NO3S/c1-10-3-7-5(8)2-4(11)6(7)9/h4,11H,2-3H2,1H3. The second-order valence-corrected chi connectivity index (χ2v) is 2.92. The number of ether oxygens (including phenoxy) is 1. The first-order valence-corrected chi connectivity index (χ1v) is 3.69. The molecule has 0 radical (unpaired) electrons. The molecule has 1 aliphatic rings. The number of nitrogens with zero attached hydrogens (tertiary/aromatic N) is 1. The van der Waals surface area contributed by atoms with Gasteiger partial charge in [-0.05, 0) is 0 Å².